The van der Waals surface area contributed by atoms with E-state index in [0.717, 1.165) is 47.5 Å². The Kier molecular flexibility index (Phi) is 4.70. The fraction of sp³-hybridized carbons (Fsp3) is 0.286. The number of aromatic nitrogens is 1. The SMILES string of the molecule is CCOC1(c2ccccc2)CCCc2nc(-c3cc(F)c(O)c(F)c3)sc21. The Hall–Kier alpha value is -2.31. The molecule has 0 bridgehead atoms. The first-order chi connectivity index (χ1) is 13.0. The minimum absolute atomic E-state index is 0.320. The summed E-state index contributed by atoms with van der Waals surface area (Å²) in [5.41, 5.74) is 1.70. The van der Waals surface area contributed by atoms with E-state index in [2.05, 4.69) is 4.98 Å². The van der Waals surface area contributed by atoms with Gasteiger partial charge in [-0.2, -0.15) is 0 Å². The summed E-state index contributed by atoms with van der Waals surface area (Å²) in [6.45, 7) is 2.51. The number of fused-ring (bicyclic) bond motifs is 1. The number of hydrogen-bond acceptors (Lipinski definition) is 4. The highest BCUT2D eigenvalue weighted by Gasteiger charge is 2.41. The highest BCUT2D eigenvalue weighted by Crippen LogP contribution is 2.48. The molecule has 27 heavy (non-hydrogen) atoms. The molecule has 3 aromatic rings. The number of rotatable bonds is 4. The van der Waals surface area contributed by atoms with E-state index >= 15 is 0 Å². The molecule has 0 aliphatic heterocycles. The molecule has 1 aromatic heterocycles. The van der Waals surface area contributed by atoms with Crippen LogP contribution in [0.25, 0.3) is 10.6 Å². The number of phenols is 1. The molecule has 6 heteroatoms. The second kappa shape index (κ2) is 7.02. The van der Waals surface area contributed by atoms with Crippen molar-refractivity contribution in [2.45, 2.75) is 31.8 Å². The molecule has 0 fully saturated rings. The van der Waals surface area contributed by atoms with E-state index in [1.54, 1.807) is 0 Å². The Bertz CT molecular complexity index is 951. The Balaban J connectivity index is 1.86. The summed E-state index contributed by atoms with van der Waals surface area (Å²) in [6, 6.07) is 12.3. The van der Waals surface area contributed by atoms with Crippen LogP contribution in [-0.2, 0) is 16.8 Å². The zero-order valence-corrected chi connectivity index (χ0v) is 15.7. The Morgan fingerprint density at radius 2 is 1.89 bits per heavy atom. The number of thiazole rings is 1. The number of ether oxygens (including phenoxy) is 1. The molecule has 0 radical (unpaired) electrons. The maximum Gasteiger partial charge on any atom is 0.187 e. The smallest absolute Gasteiger partial charge is 0.187 e. The summed E-state index contributed by atoms with van der Waals surface area (Å²) < 4.78 is 33.9. The molecule has 1 atom stereocenters. The van der Waals surface area contributed by atoms with Crippen LogP contribution in [0.15, 0.2) is 42.5 Å². The molecule has 1 N–H and O–H groups in total. The number of hydrogen-bond donors (Lipinski definition) is 1. The molecule has 4 rings (SSSR count). The van der Waals surface area contributed by atoms with Gasteiger partial charge in [-0.05, 0) is 43.9 Å². The van der Waals surface area contributed by atoms with Gasteiger partial charge in [0.1, 0.15) is 10.6 Å². The predicted molar refractivity (Wildman–Crippen MR) is 101 cm³/mol. The van der Waals surface area contributed by atoms with Crippen molar-refractivity contribution in [2.75, 3.05) is 6.61 Å². The second-order valence-corrected chi connectivity index (χ2v) is 7.56. The quantitative estimate of drug-likeness (QED) is 0.651. The zero-order valence-electron chi connectivity index (χ0n) is 14.8. The van der Waals surface area contributed by atoms with E-state index in [9.17, 15) is 13.9 Å². The predicted octanol–water partition coefficient (Wildman–Crippen LogP) is 5.41. The fourth-order valence-electron chi connectivity index (χ4n) is 3.72. The number of nitrogens with zero attached hydrogens (tertiary/aromatic N) is 1. The zero-order chi connectivity index (χ0) is 19.0. The summed E-state index contributed by atoms with van der Waals surface area (Å²) in [6.07, 6.45) is 2.55. The lowest BCUT2D eigenvalue weighted by Crippen LogP contribution is -2.34. The van der Waals surface area contributed by atoms with Crippen LogP contribution < -0.4 is 0 Å². The molecular weight excluding hydrogens is 368 g/mol. The van der Waals surface area contributed by atoms with Crippen LogP contribution >= 0.6 is 11.3 Å². The second-order valence-electron chi connectivity index (χ2n) is 6.56. The molecular formula is C21H19F2NO2S. The van der Waals surface area contributed by atoms with Gasteiger partial charge in [-0.1, -0.05) is 30.3 Å². The van der Waals surface area contributed by atoms with Gasteiger partial charge in [-0.3, -0.25) is 0 Å². The highest BCUT2D eigenvalue weighted by molar-refractivity contribution is 7.15. The third kappa shape index (κ3) is 3.03. The van der Waals surface area contributed by atoms with E-state index in [4.69, 9.17) is 4.74 Å². The van der Waals surface area contributed by atoms with Crippen LogP contribution in [0, 0.1) is 11.6 Å². The number of aryl methyl sites for hydroxylation is 1. The minimum atomic E-state index is -0.989. The lowest BCUT2D eigenvalue weighted by molar-refractivity contribution is -0.0211. The molecule has 0 amide bonds. The minimum Gasteiger partial charge on any atom is -0.503 e. The number of aromatic hydroxyl groups is 1. The molecule has 1 heterocycles. The van der Waals surface area contributed by atoms with Gasteiger partial charge in [0, 0.05) is 12.2 Å². The van der Waals surface area contributed by atoms with Crippen LogP contribution in [0.1, 0.15) is 35.9 Å². The van der Waals surface area contributed by atoms with Crippen LogP contribution in [0.3, 0.4) is 0 Å². The van der Waals surface area contributed by atoms with E-state index < -0.39 is 23.0 Å². The van der Waals surface area contributed by atoms with E-state index in [0.29, 0.717) is 17.2 Å². The summed E-state index contributed by atoms with van der Waals surface area (Å²) in [5.74, 6) is -2.94. The normalized spacial score (nSPS) is 19.1. The Labute approximate surface area is 160 Å². The highest BCUT2D eigenvalue weighted by atomic mass is 32.1. The number of halogens is 2. The Morgan fingerprint density at radius 3 is 2.56 bits per heavy atom. The summed E-state index contributed by atoms with van der Waals surface area (Å²) >= 11 is 1.40. The first-order valence-corrected chi connectivity index (χ1v) is 9.75. The molecule has 140 valence electrons. The van der Waals surface area contributed by atoms with Crippen molar-refractivity contribution < 1.29 is 18.6 Å². The van der Waals surface area contributed by atoms with Crippen molar-refractivity contribution in [3.05, 3.63) is 70.2 Å². The Morgan fingerprint density at radius 1 is 1.19 bits per heavy atom. The van der Waals surface area contributed by atoms with E-state index in [1.807, 2.05) is 37.3 Å². The van der Waals surface area contributed by atoms with Gasteiger partial charge in [0.25, 0.3) is 0 Å². The molecule has 2 aromatic carbocycles. The van der Waals surface area contributed by atoms with Gasteiger partial charge in [0.15, 0.2) is 17.4 Å². The lowest BCUT2D eigenvalue weighted by Gasteiger charge is -2.36. The molecule has 1 unspecified atom stereocenters. The van der Waals surface area contributed by atoms with Gasteiger partial charge >= 0.3 is 0 Å². The first-order valence-electron chi connectivity index (χ1n) is 8.93. The molecule has 0 saturated carbocycles. The summed E-state index contributed by atoms with van der Waals surface area (Å²) in [4.78, 5) is 5.65. The molecule has 3 nitrogen and oxygen atoms in total. The van der Waals surface area contributed by atoms with Gasteiger partial charge in [-0.25, -0.2) is 13.8 Å². The third-order valence-electron chi connectivity index (χ3n) is 4.90. The topological polar surface area (TPSA) is 42.4 Å². The molecule has 1 aliphatic rings. The van der Waals surface area contributed by atoms with Crippen LogP contribution in [0.4, 0.5) is 8.78 Å². The van der Waals surface area contributed by atoms with Crippen LogP contribution in [0.2, 0.25) is 0 Å². The monoisotopic (exact) mass is 387 g/mol. The number of benzene rings is 2. The van der Waals surface area contributed by atoms with E-state index in [-0.39, 0.29) is 0 Å². The van der Waals surface area contributed by atoms with Crippen molar-refractivity contribution in [1.29, 1.82) is 0 Å². The van der Waals surface area contributed by atoms with Crippen LogP contribution in [0.5, 0.6) is 5.75 Å². The average Bonchev–Trinajstić information content (AvgIpc) is 3.12. The largest absolute Gasteiger partial charge is 0.503 e. The van der Waals surface area contributed by atoms with Crippen molar-refractivity contribution >= 4 is 11.3 Å². The van der Waals surface area contributed by atoms with Crippen molar-refractivity contribution in [3.63, 3.8) is 0 Å². The van der Waals surface area contributed by atoms with Crippen LogP contribution in [-0.4, -0.2) is 16.7 Å². The molecule has 0 saturated heterocycles. The molecule has 1 aliphatic carbocycles. The van der Waals surface area contributed by atoms with E-state index in [1.165, 1.54) is 11.3 Å². The third-order valence-corrected chi connectivity index (χ3v) is 6.19. The maximum absolute atomic E-state index is 13.8. The van der Waals surface area contributed by atoms with Gasteiger partial charge in [0.05, 0.1) is 10.6 Å². The van der Waals surface area contributed by atoms with Crippen molar-refractivity contribution in [2.24, 2.45) is 0 Å². The standard InChI is InChI=1S/C21H19F2NO2S/c1-2-26-21(14-7-4-3-5-8-14)10-6-9-17-19(21)27-20(24-17)13-11-15(22)18(25)16(23)12-13/h3-5,7-8,11-12,25H,2,6,9-10H2,1H3. The fourth-order valence-corrected chi connectivity index (χ4v) is 5.01. The van der Waals surface area contributed by atoms with Gasteiger partial charge in [0.2, 0.25) is 0 Å². The molecule has 0 spiro atoms. The van der Waals surface area contributed by atoms with Crippen molar-refractivity contribution in [3.8, 4) is 16.3 Å². The van der Waals surface area contributed by atoms with Gasteiger partial charge in [-0.15, -0.1) is 11.3 Å². The summed E-state index contributed by atoms with van der Waals surface area (Å²) in [7, 11) is 0. The number of phenolic OH excluding ortho intramolecular Hbond substituents is 1. The first kappa shape index (κ1) is 18.1. The lowest BCUT2D eigenvalue weighted by atomic mass is 9.81. The summed E-state index contributed by atoms with van der Waals surface area (Å²) in [5, 5.41) is 9.88. The van der Waals surface area contributed by atoms with Gasteiger partial charge < -0.3 is 9.84 Å². The average molecular weight is 387 g/mol. The van der Waals surface area contributed by atoms with Crippen molar-refractivity contribution in [1.82, 2.24) is 4.98 Å². The maximum atomic E-state index is 13.8.